The lowest BCUT2D eigenvalue weighted by Crippen LogP contribution is -2.39. The molecule has 1 heterocycles. The van der Waals surface area contributed by atoms with Crippen LogP contribution in [0.5, 0.6) is 0 Å². The summed E-state index contributed by atoms with van der Waals surface area (Å²) >= 11 is 0. The fraction of sp³-hybridized carbons (Fsp3) is 0.533. The number of fused-ring (bicyclic) bond motifs is 1. The molecule has 0 aromatic heterocycles. The number of hydrogen-bond donors (Lipinski definition) is 1. The molecule has 1 atom stereocenters. The minimum atomic E-state index is 0.194. The van der Waals surface area contributed by atoms with Gasteiger partial charge in [-0.2, -0.15) is 0 Å². The molecule has 2 nitrogen and oxygen atoms in total. The Balaban J connectivity index is 1.91. The lowest BCUT2D eigenvalue weighted by atomic mass is 9.78. The van der Waals surface area contributed by atoms with Crippen LogP contribution in [0.1, 0.15) is 49.3 Å². The van der Waals surface area contributed by atoms with Gasteiger partial charge in [-0.3, -0.25) is 4.79 Å². The van der Waals surface area contributed by atoms with Crippen LogP contribution in [0.2, 0.25) is 0 Å². The van der Waals surface area contributed by atoms with Crippen molar-refractivity contribution in [1.29, 1.82) is 0 Å². The van der Waals surface area contributed by atoms with Gasteiger partial charge in [0, 0.05) is 0 Å². The predicted octanol–water partition coefficient (Wildman–Crippen LogP) is 2.98. The molecule has 1 aromatic carbocycles. The third-order valence-corrected chi connectivity index (χ3v) is 4.18. The highest BCUT2D eigenvalue weighted by molar-refractivity contribution is 5.81. The Labute approximate surface area is 102 Å². The van der Waals surface area contributed by atoms with Crippen molar-refractivity contribution >= 4 is 5.91 Å². The Morgan fingerprint density at radius 1 is 1.06 bits per heavy atom. The van der Waals surface area contributed by atoms with Gasteiger partial charge in [-0.15, -0.1) is 0 Å². The van der Waals surface area contributed by atoms with Crippen molar-refractivity contribution in [2.75, 3.05) is 0 Å². The molecule has 1 N–H and O–H groups in total. The maximum Gasteiger partial charge on any atom is 0.224 e. The van der Waals surface area contributed by atoms with E-state index in [9.17, 15) is 4.79 Å². The molecule has 2 heteroatoms. The largest absolute Gasteiger partial charge is 0.349 e. The zero-order chi connectivity index (χ0) is 11.7. The van der Waals surface area contributed by atoms with Gasteiger partial charge >= 0.3 is 0 Å². The van der Waals surface area contributed by atoms with Crippen LogP contribution in [0.3, 0.4) is 0 Å². The molecule has 3 rings (SSSR count). The summed E-state index contributed by atoms with van der Waals surface area (Å²) in [7, 11) is 0. The smallest absolute Gasteiger partial charge is 0.224 e. The zero-order valence-electron chi connectivity index (χ0n) is 10.1. The molecule has 1 saturated carbocycles. The van der Waals surface area contributed by atoms with Crippen LogP contribution in [0, 0.1) is 5.92 Å². The van der Waals surface area contributed by atoms with Gasteiger partial charge in [0.1, 0.15) is 0 Å². The lowest BCUT2D eigenvalue weighted by molar-refractivity contribution is -0.122. The van der Waals surface area contributed by atoms with Gasteiger partial charge in [0.15, 0.2) is 0 Å². The van der Waals surface area contributed by atoms with Crippen LogP contribution >= 0.6 is 0 Å². The van der Waals surface area contributed by atoms with Gasteiger partial charge in [0.2, 0.25) is 5.91 Å². The standard InChI is InChI=1S/C15H19NO/c17-14-10-12-8-4-5-9-13(12)15(16-14)11-6-2-1-3-7-11/h4-5,8-9,11,15H,1-3,6-7,10H2,(H,16,17). The van der Waals surface area contributed by atoms with E-state index in [4.69, 9.17) is 0 Å². The Morgan fingerprint density at radius 2 is 1.82 bits per heavy atom. The number of carbonyl (C=O) groups excluding carboxylic acids is 1. The second-order valence-corrected chi connectivity index (χ2v) is 5.32. The second-order valence-electron chi connectivity index (χ2n) is 5.32. The minimum Gasteiger partial charge on any atom is -0.349 e. The number of amides is 1. The second kappa shape index (κ2) is 4.52. The van der Waals surface area contributed by atoms with Crippen LogP contribution in [-0.4, -0.2) is 5.91 Å². The number of carbonyl (C=O) groups is 1. The van der Waals surface area contributed by atoms with E-state index >= 15 is 0 Å². The van der Waals surface area contributed by atoms with Crippen molar-refractivity contribution in [3.63, 3.8) is 0 Å². The first-order chi connectivity index (χ1) is 8.34. The molecule has 1 fully saturated rings. The van der Waals surface area contributed by atoms with Gasteiger partial charge < -0.3 is 5.32 Å². The Hall–Kier alpha value is -1.31. The van der Waals surface area contributed by atoms with Crippen molar-refractivity contribution < 1.29 is 4.79 Å². The summed E-state index contributed by atoms with van der Waals surface area (Å²) in [6.45, 7) is 0. The van der Waals surface area contributed by atoms with Crippen LogP contribution < -0.4 is 5.32 Å². The Kier molecular flexibility index (Phi) is 2.87. The first-order valence-electron chi connectivity index (χ1n) is 6.72. The molecule has 0 saturated heterocycles. The highest BCUT2D eigenvalue weighted by Crippen LogP contribution is 2.37. The van der Waals surface area contributed by atoms with E-state index in [0.29, 0.717) is 12.3 Å². The van der Waals surface area contributed by atoms with Crippen LogP contribution in [0.4, 0.5) is 0 Å². The summed E-state index contributed by atoms with van der Waals surface area (Å²) in [6, 6.07) is 8.69. The van der Waals surface area contributed by atoms with E-state index in [0.717, 1.165) is 0 Å². The predicted molar refractivity (Wildman–Crippen MR) is 67.6 cm³/mol. The molecule has 1 aliphatic heterocycles. The first kappa shape index (κ1) is 10.8. The summed E-state index contributed by atoms with van der Waals surface area (Å²) < 4.78 is 0. The number of rotatable bonds is 1. The Bertz CT molecular complexity index is 421. The molecule has 1 amide bonds. The van der Waals surface area contributed by atoms with E-state index in [1.54, 1.807) is 0 Å². The van der Waals surface area contributed by atoms with Crippen molar-refractivity contribution in [2.45, 2.75) is 44.6 Å². The lowest BCUT2D eigenvalue weighted by Gasteiger charge is -2.35. The van der Waals surface area contributed by atoms with E-state index in [2.05, 4.69) is 23.5 Å². The van der Waals surface area contributed by atoms with E-state index in [1.165, 1.54) is 43.2 Å². The normalized spacial score (nSPS) is 25.2. The molecule has 17 heavy (non-hydrogen) atoms. The molecular formula is C15H19NO. The van der Waals surface area contributed by atoms with Crippen molar-refractivity contribution in [2.24, 2.45) is 5.92 Å². The molecule has 90 valence electrons. The molecule has 0 radical (unpaired) electrons. The molecule has 1 unspecified atom stereocenters. The average molecular weight is 229 g/mol. The maximum absolute atomic E-state index is 11.8. The summed E-state index contributed by atoms with van der Waals surface area (Å²) in [4.78, 5) is 11.8. The Morgan fingerprint density at radius 3 is 2.65 bits per heavy atom. The van der Waals surface area contributed by atoms with Crippen molar-refractivity contribution in [1.82, 2.24) is 5.32 Å². The molecule has 1 aromatic rings. The average Bonchev–Trinajstić information content (AvgIpc) is 2.39. The molecule has 0 bridgehead atoms. The van der Waals surface area contributed by atoms with Crippen molar-refractivity contribution in [3.8, 4) is 0 Å². The number of hydrogen-bond acceptors (Lipinski definition) is 1. The molecule has 1 aliphatic carbocycles. The molecular weight excluding hydrogens is 210 g/mol. The number of nitrogens with one attached hydrogen (secondary N) is 1. The maximum atomic E-state index is 11.8. The zero-order valence-corrected chi connectivity index (χ0v) is 10.1. The van der Waals surface area contributed by atoms with E-state index in [-0.39, 0.29) is 11.9 Å². The first-order valence-corrected chi connectivity index (χ1v) is 6.72. The molecule has 0 spiro atoms. The van der Waals surface area contributed by atoms with E-state index < -0.39 is 0 Å². The van der Waals surface area contributed by atoms with Gasteiger partial charge in [-0.05, 0) is 29.9 Å². The highest BCUT2D eigenvalue weighted by atomic mass is 16.1. The fourth-order valence-electron chi connectivity index (χ4n) is 3.31. The van der Waals surface area contributed by atoms with Crippen LogP contribution in [0.15, 0.2) is 24.3 Å². The topological polar surface area (TPSA) is 29.1 Å². The third kappa shape index (κ3) is 2.08. The summed E-state index contributed by atoms with van der Waals surface area (Å²) in [6.07, 6.45) is 7.08. The van der Waals surface area contributed by atoms with Gasteiger partial charge in [-0.1, -0.05) is 43.5 Å². The fourth-order valence-corrected chi connectivity index (χ4v) is 3.31. The van der Waals surface area contributed by atoms with Gasteiger partial charge in [0.05, 0.1) is 12.5 Å². The van der Waals surface area contributed by atoms with Gasteiger partial charge in [-0.25, -0.2) is 0 Å². The third-order valence-electron chi connectivity index (χ3n) is 4.18. The summed E-state index contributed by atoms with van der Waals surface area (Å²) in [5.74, 6) is 0.841. The molecule has 2 aliphatic rings. The summed E-state index contributed by atoms with van der Waals surface area (Å²) in [5, 5.41) is 3.20. The monoisotopic (exact) mass is 229 g/mol. The van der Waals surface area contributed by atoms with Crippen molar-refractivity contribution in [3.05, 3.63) is 35.4 Å². The minimum absolute atomic E-state index is 0.194. The van der Waals surface area contributed by atoms with E-state index in [1.807, 2.05) is 6.07 Å². The quantitative estimate of drug-likeness (QED) is 0.788. The highest BCUT2D eigenvalue weighted by Gasteiger charge is 2.31. The SMILES string of the molecule is O=C1Cc2ccccc2C(C2CCCCC2)N1. The van der Waals surface area contributed by atoms with Crippen LogP contribution in [-0.2, 0) is 11.2 Å². The summed E-state index contributed by atoms with van der Waals surface area (Å²) in [5.41, 5.74) is 2.59. The van der Waals surface area contributed by atoms with Crippen LogP contribution in [0.25, 0.3) is 0 Å². The number of benzene rings is 1. The van der Waals surface area contributed by atoms with Gasteiger partial charge in [0.25, 0.3) is 0 Å².